The molecule has 4 nitrogen and oxygen atoms in total. The average molecular weight is 416 g/mol. The maximum atomic E-state index is 12.9. The first-order valence-electron chi connectivity index (χ1n) is 9.76. The first-order chi connectivity index (χ1) is 14.6. The van der Waals surface area contributed by atoms with E-state index in [1.54, 1.807) is 6.20 Å². The third-order valence-electron chi connectivity index (χ3n) is 5.05. The van der Waals surface area contributed by atoms with Crippen molar-refractivity contribution in [2.45, 2.75) is 12.5 Å². The molecular weight excluding hydrogens is 394 g/mol. The molecule has 1 aromatic heterocycles. The Morgan fingerprint density at radius 2 is 1.63 bits per heavy atom. The van der Waals surface area contributed by atoms with E-state index in [-0.39, 0.29) is 11.9 Å². The smallest absolute Gasteiger partial charge is 0.225 e. The third-order valence-corrected chi connectivity index (χ3v) is 5.30. The summed E-state index contributed by atoms with van der Waals surface area (Å²) in [6, 6.07) is 25.4. The Hall–Kier alpha value is -3.37. The maximum absolute atomic E-state index is 12.9. The van der Waals surface area contributed by atoms with Crippen LogP contribution in [0.5, 0.6) is 0 Å². The van der Waals surface area contributed by atoms with E-state index < -0.39 is 0 Å². The minimum atomic E-state index is -0.349. The van der Waals surface area contributed by atoms with Gasteiger partial charge in [0.15, 0.2) is 0 Å². The van der Waals surface area contributed by atoms with Crippen molar-refractivity contribution >= 4 is 17.5 Å². The fourth-order valence-electron chi connectivity index (χ4n) is 3.45. The number of amides is 1. The van der Waals surface area contributed by atoms with Crippen LogP contribution < -0.4 is 5.32 Å². The van der Waals surface area contributed by atoms with Gasteiger partial charge in [0.25, 0.3) is 0 Å². The fraction of sp³-hybridized carbons (Fsp3) is 0.120. The van der Waals surface area contributed by atoms with Crippen molar-refractivity contribution < 1.29 is 4.79 Å². The molecule has 0 saturated heterocycles. The van der Waals surface area contributed by atoms with Gasteiger partial charge in [-0.25, -0.2) is 4.98 Å². The first kappa shape index (κ1) is 19.9. The molecule has 4 aromatic rings. The largest absolute Gasteiger partial charge is 0.342 e. The molecule has 150 valence electrons. The number of aryl methyl sites for hydroxylation is 1. The molecule has 4 rings (SSSR count). The van der Waals surface area contributed by atoms with Gasteiger partial charge in [0.05, 0.1) is 6.42 Å². The van der Waals surface area contributed by atoms with E-state index in [4.69, 9.17) is 11.6 Å². The Morgan fingerprint density at radius 1 is 0.967 bits per heavy atom. The minimum absolute atomic E-state index is 0.0644. The van der Waals surface area contributed by atoms with Gasteiger partial charge in [-0.15, -0.1) is 0 Å². The summed E-state index contributed by atoms with van der Waals surface area (Å²) in [6.07, 6.45) is 3.89. The van der Waals surface area contributed by atoms with Crippen LogP contribution in [-0.2, 0) is 18.3 Å². The van der Waals surface area contributed by atoms with E-state index in [2.05, 4.69) is 22.4 Å². The van der Waals surface area contributed by atoms with E-state index in [0.29, 0.717) is 11.4 Å². The van der Waals surface area contributed by atoms with E-state index in [9.17, 15) is 4.79 Å². The van der Waals surface area contributed by atoms with Gasteiger partial charge < -0.3 is 9.88 Å². The summed E-state index contributed by atoms with van der Waals surface area (Å²) in [5, 5.41) is 3.78. The number of rotatable bonds is 6. The van der Waals surface area contributed by atoms with E-state index in [1.165, 1.54) is 0 Å². The summed E-state index contributed by atoms with van der Waals surface area (Å²) in [4.78, 5) is 17.3. The Balaban J connectivity index is 1.50. The summed E-state index contributed by atoms with van der Waals surface area (Å²) in [5.41, 5.74) is 4.18. The van der Waals surface area contributed by atoms with Gasteiger partial charge in [0.2, 0.25) is 5.91 Å². The lowest BCUT2D eigenvalue weighted by atomic mass is 10.0. The molecule has 30 heavy (non-hydrogen) atoms. The highest BCUT2D eigenvalue weighted by atomic mass is 35.5. The molecule has 1 atom stereocenters. The summed E-state index contributed by atoms with van der Waals surface area (Å²) >= 11 is 6.03. The van der Waals surface area contributed by atoms with Crippen molar-refractivity contribution in [2.24, 2.45) is 7.05 Å². The zero-order chi connectivity index (χ0) is 20.9. The van der Waals surface area contributed by atoms with Crippen LogP contribution in [-0.4, -0.2) is 15.5 Å². The van der Waals surface area contributed by atoms with Crippen LogP contribution in [0.25, 0.3) is 11.1 Å². The van der Waals surface area contributed by atoms with Crippen LogP contribution in [0.15, 0.2) is 91.3 Å². The summed E-state index contributed by atoms with van der Waals surface area (Å²) < 4.78 is 1.91. The molecule has 0 bridgehead atoms. The predicted molar refractivity (Wildman–Crippen MR) is 120 cm³/mol. The van der Waals surface area contributed by atoms with Crippen LogP contribution in [0.4, 0.5) is 0 Å². The van der Waals surface area contributed by atoms with Crippen LogP contribution in [0.2, 0.25) is 5.02 Å². The second-order valence-electron chi connectivity index (χ2n) is 7.19. The number of aromatic nitrogens is 2. The van der Waals surface area contributed by atoms with Gasteiger partial charge >= 0.3 is 0 Å². The van der Waals surface area contributed by atoms with Gasteiger partial charge in [-0.1, -0.05) is 78.3 Å². The zero-order valence-electron chi connectivity index (χ0n) is 16.6. The molecule has 0 spiro atoms. The molecule has 0 aliphatic heterocycles. The Bertz CT molecular complexity index is 1120. The normalized spacial score (nSPS) is 11.8. The molecular formula is C25H22ClN3O. The van der Waals surface area contributed by atoms with Crippen molar-refractivity contribution in [1.82, 2.24) is 14.9 Å². The summed E-state index contributed by atoms with van der Waals surface area (Å²) in [7, 11) is 1.92. The Morgan fingerprint density at radius 3 is 2.27 bits per heavy atom. The number of imidazole rings is 1. The van der Waals surface area contributed by atoms with Crippen LogP contribution in [0.3, 0.4) is 0 Å². The maximum Gasteiger partial charge on any atom is 0.225 e. The number of hydrogen-bond donors (Lipinski definition) is 1. The molecule has 0 fully saturated rings. The average Bonchev–Trinajstić information content (AvgIpc) is 3.19. The van der Waals surface area contributed by atoms with Crippen LogP contribution in [0.1, 0.15) is 23.0 Å². The predicted octanol–water partition coefficient (Wildman–Crippen LogP) is 5.19. The van der Waals surface area contributed by atoms with E-state index in [1.807, 2.05) is 84.5 Å². The highest BCUT2D eigenvalue weighted by molar-refractivity contribution is 6.30. The van der Waals surface area contributed by atoms with E-state index in [0.717, 1.165) is 28.1 Å². The molecule has 0 aliphatic carbocycles. The number of halogens is 1. The molecule has 5 heteroatoms. The monoisotopic (exact) mass is 415 g/mol. The molecule has 0 saturated carbocycles. The van der Waals surface area contributed by atoms with Gasteiger partial charge in [-0.3, -0.25) is 4.79 Å². The van der Waals surface area contributed by atoms with Crippen molar-refractivity contribution in [1.29, 1.82) is 0 Å². The topological polar surface area (TPSA) is 46.9 Å². The van der Waals surface area contributed by atoms with Gasteiger partial charge in [-0.2, -0.15) is 0 Å². The summed E-state index contributed by atoms with van der Waals surface area (Å²) in [6.45, 7) is 0. The molecule has 1 amide bonds. The molecule has 0 radical (unpaired) electrons. The molecule has 3 aromatic carbocycles. The molecule has 1 N–H and O–H groups in total. The van der Waals surface area contributed by atoms with Gasteiger partial charge in [0.1, 0.15) is 11.9 Å². The number of nitrogens with zero attached hydrogens (tertiary/aromatic N) is 2. The van der Waals surface area contributed by atoms with Crippen molar-refractivity contribution in [3.05, 3.63) is 113 Å². The molecule has 1 heterocycles. The van der Waals surface area contributed by atoms with Crippen molar-refractivity contribution in [3.63, 3.8) is 0 Å². The summed E-state index contributed by atoms with van der Waals surface area (Å²) in [5.74, 6) is 0.704. The third kappa shape index (κ3) is 4.61. The lowest BCUT2D eigenvalue weighted by molar-refractivity contribution is -0.121. The molecule has 0 unspecified atom stereocenters. The second kappa shape index (κ2) is 8.97. The number of carbonyl (C=O) groups is 1. The van der Waals surface area contributed by atoms with Crippen LogP contribution in [0, 0.1) is 0 Å². The Labute approximate surface area is 181 Å². The number of hydrogen-bond acceptors (Lipinski definition) is 2. The number of carbonyl (C=O) groups excluding carboxylic acids is 1. The lowest BCUT2D eigenvalue weighted by Crippen LogP contribution is -2.32. The molecule has 0 aliphatic rings. The van der Waals surface area contributed by atoms with Crippen LogP contribution >= 0.6 is 11.6 Å². The lowest BCUT2D eigenvalue weighted by Gasteiger charge is -2.19. The number of benzene rings is 3. The highest BCUT2D eigenvalue weighted by Crippen LogP contribution is 2.23. The standard InChI is InChI=1S/C25H22ClN3O/c1-29-16-15-27-25(29)24(21-11-13-22(26)14-12-21)28-23(30)17-18-7-9-20(10-8-18)19-5-3-2-4-6-19/h2-16,24H,17H2,1H3,(H,28,30)/t24-/m0/s1. The second-order valence-corrected chi connectivity index (χ2v) is 7.62. The SMILES string of the molecule is Cn1ccnc1[C@@H](NC(=O)Cc1ccc(-c2ccccc2)cc1)c1ccc(Cl)cc1. The quantitative estimate of drug-likeness (QED) is 0.471. The zero-order valence-corrected chi connectivity index (χ0v) is 17.4. The Kier molecular flexibility index (Phi) is 5.96. The van der Waals surface area contributed by atoms with Crippen molar-refractivity contribution in [2.75, 3.05) is 0 Å². The van der Waals surface area contributed by atoms with Gasteiger partial charge in [0, 0.05) is 24.5 Å². The fourth-order valence-corrected chi connectivity index (χ4v) is 3.58. The highest BCUT2D eigenvalue weighted by Gasteiger charge is 2.20. The number of nitrogens with one attached hydrogen (secondary N) is 1. The first-order valence-corrected chi connectivity index (χ1v) is 10.1. The minimum Gasteiger partial charge on any atom is -0.342 e. The van der Waals surface area contributed by atoms with Gasteiger partial charge in [-0.05, 0) is 34.4 Å². The van der Waals surface area contributed by atoms with Crippen molar-refractivity contribution in [3.8, 4) is 11.1 Å². The van der Waals surface area contributed by atoms with E-state index >= 15 is 0 Å².